The summed E-state index contributed by atoms with van der Waals surface area (Å²) in [7, 11) is 0. The second-order valence-electron chi connectivity index (χ2n) is 5.55. The van der Waals surface area contributed by atoms with E-state index in [4.69, 9.17) is 0 Å². The Bertz CT molecular complexity index is 503. The summed E-state index contributed by atoms with van der Waals surface area (Å²) in [6.07, 6.45) is -2.00. The van der Waals surface area contributed by atoms with Gasteiger partial charge in [0.25, 0.3) is 0 Å². The van der Waals surface area contributed by atoms with E-state index >= 15 is 0 Å². The first-order valence-electron chi connectivity index (χ1n) is 6.79. The van der Waals surface area contributed by atoms with Crippen LogP contribution in [0.2, 0.25) is 0 Å². The molecule has 1 N–H and O–H groups in total. The van der Waals surface area contributed by atoms with Crippen LogP contribution in [0, 0.1) is 12.8 Å². The van der Waals surface area contributed by atoms with Gasteiger partial charge < -0.3 is 5.32 Å². The standard InChI is InChI=1S/C13H17F3N4/c1-8-10(5-18-12(19-8)13(14,15)16)7-20-3-2-9-4-17-6-11(9)20/h5,9,11,17H,2-4,6-7H2,1H3. The Morgan fingerprint density at radius 1 is 1.40 bits per heavy atom. The monoisotopic (exact) mass is 286 g/mol. The normalized spacial score (nSPS) is 27.0. The molecule has 0 radical (unpaired) electrons. The Hall–Kier alpha value is -1.21. The molecule has 2 saturated heterocycles. The first-order valence-corrected chi connectivity index (χ1v) is 6.79. The van der Waals surface area contributed by atoms with E-state index in [0.29, 0.717) is 24.2 Å². The molecule has 2 aliphatic heterocycles. The minimum absolute atomic E-state index is 0.418. The molecule has 1 aromatic rings. The van der Waals surface area contributed by atoms with Gasteiger partial charge in [0.2, 0.25) is 5.82 Å². The van der Waals surface area contributed by atoms with Crippen LogP contribution in [0.25, 0.3) is 0 Å². The van der Waals surface area contributed by atoms with Crippen LogP contribution in [0.1, 0.15) is 23.5 Å². The van der Waals surface area contributed by atoms with Crippen molar-refractivity contribution in [2.75, 3.05) is 19.6 Å². The second-order valence-corrected chi connectivity index (χ2v) is 5.55. The van der Waals surface area contributed by atoms with Crippen molar-refractivity contribution in [1.82, 2.24) is 20.2 Å². The molecule has 1 aromatic heterocycles. The van der Waals surface area contributed by atoms with E-state index in [9.17, 15) is 13.2 Å². The Labute approximate surface area is 115 Å². The van der Waals surface area contributed by atoms with Crippen molar-refractivity contribution >= 4 is 0 Å². The fraction of sp³-hybridized carbons (Fsp3) is 0.692. The van der Waals surface area contributed by atoms with Crippen LogP contribution in [0.15, 0.2) is 6.20 Å². The lowest BCUT2D eigenvalue weighted by Crippen LogP contribution is -2.34. The SMILES string of the molecule is Cc1nc(C(F)(F)F)ncc1CN1CCC2CNCC21. The highest BCUT2D eigenvalue weighted by molar-refractivity contribution is 5.17. The molecule has 3 heterocycles. The summed E-state index contributed by atoms with van der Waals surface area (Å²) < 4.78 is 37.6. The molecular weight excluding hydrogens is 269 g/mol. The van der Waals surface area contributed by atoms with E-state index in [1.54, 1.807) is 6.92 Å². The van der Waals surface area contributed by atoms with Crippen molar-refractivity contribution in [3.05, 3.63) is 23.3 Å². The van der Waals surface area contributed by atoms with E-state index < -0.39 is 12.0 Å². The number of nitrogens with zero attached hydrogens (tertiary/aromatic N) is 3. The number of rotatable bonds is 2. The van der Waals surface area contributed by atoms with Crippen molar-refractivity contribution < 1.29 is 13.2 Å². The molecule has 4 nitrogen and oxygen atoms in total. The number of likely N-dealkylation sites (tertiary alicyclic amines) is 1. The molecule has 0 aromatic carbocycles. The number of fused-ring (bicyclic) bond motifs is 1. The number of hydrogen-bond acceptors (Lipinski definition) is 4. The summed E-state index contributed by atoms with van der Waals surface area (Å²) in [5.74, 6) is -0.383. The van der Waals surface area contributed by atoms with Crippen LogP contribution in [0.3, 0.4) is 0 Å². The van der Waals surface area contributed by atoms with Gasteiger partial charge in [0.1, 0.15) is 0 Å². The highest BCUT2D eigenvalue weighted by atomic mass is 19.4. The molecule has 7 heteroatoms. The van der Waals surface area contributed by atoms with Crippen LogP contribution in [-0.4, -0.2) is 40.5 Å². The van der Waals surface area contributed by atoms with Gasteiger partial charge in [0.05, 0.1) is 0 Å². The third kappa shape index (κ3) is 2.52. The van der Waals surface area contributed by atoms with Crippen LogP contribution in [0.4, 0.5) is 13.2 Å². The summed E-state index contributed by atoms with van der Waals surface area (Å²) in [4.78, 5) is 9.38. The topological polar surface area (TPSA) is 41.1 Å². The maximum Gasteiger partial charge on any atom is 0.451 e. The molecule has 2 unspecified atom stereocenters. The van der Waals surface area contributed by atoms with Gasteiger partial charge in [-0.05, 0) is 32.4 Å². The number of nitrogens with one attached hydrogen (secondary N) is 1. The zero-order chi connectivity index (χ0) is 14.3. The molecular formula is C13H17F3N4. The molecule has 2 aliphatic rings. The van der Waals surface area contributed by atoms with Gasteiger partial charge in [0, 0.05) is 36.6 Å². The molecule has 110 valence electrons. The Morgan fingerprint density at radius 3 is 2.90 bits per heavy atom. The van der Waals surface area contributed by atoms with Crippen molar-refractivity contribution in [2.45, 2.75) is 32.1 Å². The van der Waals surface area contributed by atoms with E-state index in [1.807, 2.05) is 0 Å². The minimum Gasteiger partial charge on any atom is -0.315 e. The molecule has 0 bridgehead atoms. The van der Waals surface area contributed by atoms with Crippen LogP contribution >= 0.6 is 0 Å². The van der Waals surface area contributed by atoms with Gasteiger partial charge in [0.15, 0.2) is 0 Å². The van der Waals surface area contributed by atoms with E-state index in [2.05, 4.69) is 20.2 Å². The number of aromatic nitrogens is 2. The average molecular weight is 286 g/mol. The van der Waals surface area contributed by atoms with Crippen molar-refractivity contribution in [3.8, 4) is 0 Å². The number of alkyl halides is 3. The first-order chi connectivity index (χ1) is 9.45. The van der Waals surface area contributed by atoms with E-state index in [0.717, 1.165) is 31.6 Å². The predicted octanol–water partition coefficient (Wildman–Crippen LogP) is 1.60. The Kier molecular flexibility index (Phi) is 3.41. The summed E-state index contributed by atoms with van der Waals surface area (Å²) in [6.45, 7) is 5.26. The third-order valence-corrected chi connectivity index (χ3v) is 4.27. The molecule has 3 rings (SSSR count). The summed E-state index contributed by atoms with van der Waals surface area (Å²) >= 11 is 0. The van der Waals surface area contributed by atoms with Crippen molar-refractivity contribution in [1.29, 1.82) is 0 Å². The Balaban J connectivity index is 1.75. The van der Waals surface area contributed by atoms with Gasteiger partial charge in [-0.3, -0.25) is 4.90 Å². The maximum atomic E-state index is 12.5. The largest absolute Gasteiger partial charge is 0.451 e. The molecule has 2 atom stereocenters. The highest BCUT2D eigenvalue weighted by Crippen LogP contribution is 2.30. The molecule has 0 amide bonds. The fourth-order valence-corrected chi connectivity index (χ4v) is 3.14. The van der Waals surface area contributed by atoms with Crippen LogP contribution in [-0.2, 0) is 12.7 Å². The van der Waals surface area contributed by atoms with E-state index in [-0.39, 0.29) is 0 Å². The summed E-state index contributed by atoms with van der Waals surface area (Å²) in [6, 6.07) is 0.497. The second kappa shape index (κ2) is 4.96. The maximum absolute atomic E-state index is 12.5. The predicted molar refractivity (Wildman–Crippen MR) is 66.9 cm³/mol. The molecule has 0 aliphatic carbocycles. The summed E-state index contributed by atoms with van der Waals surface area (Å²) in [5, 5.41) is 3.36. The molecule has 20 heavy (non-hydrogen) atoms. The van der Waals surface area contributed by atoms with Crippen molar-refractivity contribution in [3.63, 3.8) is 0 Å². The zero-order valence-electron chi connectivity index (χ0n) is 11.2. The number of halogens is 3. The lowest BCUT2D eigenvalue weighted by Gasteiger charge is -2.23. The van der Waals surface area contributed by atoms with Gasteiger partial charge in [-0.1, -0.05) is 0 Å². The fourth-order valence-electron chi connectivity index (χ4n) is 3.14. The van der Waals surface area contributed by atoms with Crippen LogP contribution < -0.4 is 5.32 Å². The average Bonchev–Trinajstić information content (AvgIpc) is 2.95. The van der Waals surface area contributed by atoms with E-state index in [1.165, 1.54) is 6.20 Å². The summed E-state index contributed by atoms with van der Waals surface area (Å²) in [5.41, 5.74) is 1.20. The van der Waals surface area contributed by atoms with Crippen molar-refractivity contribution in [2.24, 2.45) is 5.92 Å². The lowest BCUT2D eigenvalue weighted by molar-refractivity contribution is -0.145. The van der Waals surface area contributed by atoms with Gasteiger partial charge >= 0.3 is 6.18 Å². The van der Waals surface area contributed by atoms with Crippen LogP contribution in [0.5, 0.6) is 0 Å². The lowest BCUT2D eigenvalue weighted by atomic mass is 10.1. The highest BCUT2D eigenvalue weighted by Gasteiger charge is 2.38. The Morgan fingerprint density at radius 2 is 2.20 bits per heavy atom. The molecule has 0 spiro atoms. The molecule has 0 saturated carbocycles. The third-order valence-electron chi connectivity index (χ3n) is 4.27. The smallest absolute Gasteiger partial charge is 0.315 e. The molecule has 2 fully saturated rings. The zero-order valence-corrected chi connectivity index (χ0v) is 11.2. The van der Waals surface area contributed by atoms with Gasteiger partial charge in [-0.15, -0.1) is 0 Å². The van der Waals surface area contributed by atoms with Gasteiger partial charge in [-0.25, -0.2) is 9.97 Å². The number of hydrogen-bond donors (Lipinski definition) is 1. The van der Waals surface area contributed by atoms with Gasteiger partial charge in [-0.2, -0.15) is 13.2 Å². The minimum atomic E-state index is -4.47. The quantitative estimate of drug-likeness (QED) is 0.896. The first kappa shape index (κ1) is 13.8. The number of aryl methyl sites for hydroxylation is 1.